The van der Waals surface area contributed by atoms with Gasteiger partial charge in [0.05, 0.1) is 13.2 Å². The van der Waals surface area contributed by atoms with Crippen LogP contribution < -0.4 is 45.7 Å². The van der Waals surface area contributed by atoms with Crippen LogP contribution in [0.4, 0.5) is 29.2 Å². The molecule has 23 nitrogen and oxygen atoms in total. The van der Waals surface area contributed by atoms with Crippen LogP contribution in [-0.2, 0) is 40.6 Å². The zero-order valence-electron chi connectivity index (χ0n) is 54.3. The van der Waals surface area contributed by atoms with Crippen molar-refractivity contribution in [1.29, 1.82) is 0 Å². The molecule has 3 atom stereocenters. The Morgan fingerprint density at radius 2 is 1.02 bits per heavy atom. The normalized spacial score (nSPS) is 16.7. The van der Waals surface area contributed by atoms with E-state index in [0.717, 1.165) is 94.1 Å². The van der Waals surface area contributed by atoms with E-state index in [1.54, 1.807) is 9.34 Å². The van der Waals surface area contributed by atoms with Crippen LogP contribution in [0.15, 0.2) is 48.5 Å². The molecule has 532 valence electrons. The van der Waals surface area contributed by atoms with Crippen molar-refractivity contribution in [2.75, 3.05) is 237 Å². The Bertz CT molecular complexity index is 2340. The quantitative estimate of drug-likeness (QED) is 0.0184. The molecular weight excluding hydrogens is 1440 g/mol. The van der Waals surface area contributed by atoms with E-state index >= 15 is 0 Å². The topological polar surface area (TPSA) is 264 Å². The monoisotopic (exact) mass is 1540 g/mol. The minimum Gasteiger partial charge on any atom is -0.481 e. The van der Waals surface area contributed by atoms with E-state index in [1.165, 1.54) is 13.1 Å². The van der Waals surface area contributed by atoms with Crippen molar-refractivity contribution in [2.24, 2.45) is 5.73 Å². The number of anilines is 5. The van der Waals surface area contributed by atoms with Gasteiger partial charge in [0.1, 0.15) is 6.04 Å². The second kappa shape index (κ2) is 55.3. The van der Waals surface area contributed by atoms with Crippen LogP contribution >= 0.6 is 131 Å². The number of hydrogen-bond donors (Lipinski definition) is 6. The number of rotatable bonds is 34. The van der Waals surface area contributed by atoms with Crippen molar-refractivity contribution >= 4 is 173 Å². The van der Waals surface area contributed by atoms with Crippen LogP contribution in [-0.4, -0.2) is 270 Å². The summed E-state index contributed by atoms with van der Waals surface area (Å²) in [6, 6.07) is 14.9. The van der Waals surface area contributed by atoms with Gasteiger partial charge in [-0.25, -0.2) is 19.5 Å². The summed E-state index contributed by atoms with van der Waals surface area (Å²) < 4.78 is 38.4. The Morgan fingerprint density at radius 3 is 1.37 bits per heavy atom. The predicted octanol–water partition coefficient (Wildman–Crippen LogP) is 10.1. The van der Waals surface area contributed by atoms with Gasteiger partial charge in [0.2, 0.25) is 17.8 Å². The smallest absolute Gasteiger partial charge is 0.343 e. The molecule has 0 radical (unpaired) electrons. The molecule has 3 aliphatic heterocycles. The van der Waals surface area contributed by atoms with Gasteiger partial charge in [-0.2, -0.15) is 15.0 Å². The van der Waals surface area contributed by atoms with E-state index in [-0.39, 0.29) is 6.42 Å². The number of carboxylic acid groups (broad SMARTS) is 2. The maximum atomic E-state index is 12.2. The summed E-state index contributed by atoms with van der Waals surface area (Å²) >= 11 is 56.3. The fourth-order valence-corrected chi connectivity index (χ4v) is 14.2. The molecule has 7 N–H and O–H groups in total. The summed E-state index contributed by atoms with van der Waals surface area (Å²) in [4.78, 5) is 46.0. The van der Waals surface area contributed by atoms with E-state index in [9.17, 15) is 18.7 Å². The summed E-state index contributed by atoms with van der Waals surface area (Å²) in [7, 11) is 7.79. The van der Waals surface area contributed by atoms with Crippen molar-refractivity contribution in [2.45, 2.75) is 44.6 Å². The fraction of sp³-hybridized carbons (Fsp3) is 0.702. The molecule has 92 heavy (non-hydrogen) atoms. The lowest BCUT2D eigenvalue weighted by molar-refractivity contribution is -0.139. The molecule has 4 heterocycles. The van der Waals surface area contributed by atoms with Crippen molar-refractivity contribution < 1.29 is 38.0 Å². The molecule has 3 aliphatic rings. The number of nitrogens with zero attached hydrogens (tertiary/aromatic N) is 11. The summed E-state index contributed by atoms with van der Waals surface area (Å²) in [6.45, 7) is 12.0. The molecule has 3 fully saturated rings. The highest BCUT2D eigenvalue weighted by molar-refractivity contribution is 7.54. The van der Waals surface area contributed by atoms with E-state index in [1.807, 2.05) is 113 Å². The fourth-order valence-electron chi connectivity index (χ4n) is 7.59. The molecule has 0 aliphatic carbocycles. The van der Waals surface area contributed by atoms with Crippen molar-refractivity contribution in [1.82, 2.24) is 44.7 Å². The first-order chi connectivity index (χ1) is 43.9. The highest BCUT2D eigenvalue weighted by Gasteiger charge is 2.34. The number of hydrogen-bond acceptors (Lipinski definition) is 17. The third-order valence-corrected chi connectivity index (χ3v) is 18.8. The van der Waals surface area contributed by atoms with Crippen LogP contribution in [0.5, 0.6) is 0 Å². The first-order valence-corrected chi connectivity index (χ1v) is 38.6. The van der Waals surface area contributed by atoms with Crippen molar-refractivity contribution in [3.8, 4) is 0 Å². The van der Waals surface area contributed by atoms with Gasteiger partial charge in [-0.3, -0.25) is 18.7 Å². The van der Waals surface area contributed by atoms with E-state index in [4.69, 9.17) is 141 Å². The van der Waals surface area contributed by atoms with Crippen LogP contribution in [0.25, 0.3) is 0 Å². The maximum Gasteiger partial charge on any atom is 0.343 e. The zero-order chi connectivity index (χ0) is 69.3. The second-order valence-electron chi connectivity index (χ2n) is 20.7. The molecule has 3 aromatic rings. The average molecular weight is 1540 g/mol. The van der Waals surface area contributed by atoms with Gasteiger partial charge in [-0.15, -0.1) is 116 Å². The molecule has 0 bridgehead atoms. The van der Waals surface area contributed by atoms with E-state index < -0.39 is 33.3 Å². The van der Waals surface area contributed by atoms with Gasteiger partial charge in [-0.1, -0.05) is 24.3 Å². The lowest BCUT2D eigenvalue weighted by Gasteiger charge is -2.34. The lowest BCUT2D eigenvalue weighted by Crippen LogP contribution is -2.36. The highest BCUT2D eigenvalue weighted by atomic mass is 35.5. The van der Waals surface area contributed by atoms with Crippen molar-refractivity contribution in [3.05, 3.63) is 59.7 Å². The van der Waals surface area contributed by atoms with Gasteiger partial charge >= 0.3 is 27.3 Å². The minimum absolute atomic E-state index is 0.215. The molecule has 6 rings (SSSR count). The number of carboxylic acids is 2. The van der Waals surface area contributed by atoms with Gasteiger partial charge in [0.25, 0.3) is 0 Å². The Balaban J connectivity index is 0.00000108. The van der Waals surface area contributed by atoms with Crippen molar-refractivity contribution in [3.63, 3.8) is 0 Å². The van der Waals surface area contributed by atoms with Gasteiger partial charge in [0.15, 0.2) is 0 Å². The molecular formula is C57H101Cl10N15O8P2. The first kappa shape index (κ1) is 90.4. The number of aliphatic carboxylic acids is 2. The molecule has 1 aromatic heterocycles. The Hall–Kier alpha value is -1.61. The zero-order valence-corrected chi connectivity index (χ0v) is 63.7. The number of carbonyl (C=O) groups is 2. The molecule has 2 aromatic carbocycles. The molecule has 3 saturated heterocycles. The number of halogens is 10. The number of benzene rings is 2. The molecule has 0 saturated carbocycles. The molecule has 0 spiro atoms. The average Bonchev–Trinajstić information content (AvgIpc) is 1.68. The van der Waals surface area contributed by atoms with Crippen LogP contribution in [0.2, 0.25) is 0 Å². The maximum absolute atomic E-state index is 12.2. The number of alkyl halides is 10. The lowest BCUT2D eigenvalue weighted by atomic mass is 10.1. The van der Waals surface area contributed by atoms with Gasteiger partial charge < -0.3 is 59.7 Å². The van der Waals surface area contributed by atoms with E-state index in [0.29, 0.717) is 129 Å². The third kappa shape index (κ3) is 41.6. The summed E-state index contributed by atoms with van der Waals surface area (Å²) in [5.41, 5.74) is 9.67. The number of nitrogens with two attached hydrogens (primary N) is 1. The first-order valence-electron chi connectivity index (χ1n) is 30.1. The van der Waals surface area contributed by atoms with Crippen LogP contribution in [0, 0.1) is 0 Å². The highest BCUT2D eigenvalue weighted by Crippen LogP contribution is 2.49. The van der Waals surface area contributed by atoms with Gasteiger partial charge in [0, 0.05) is 211 Å². The summed E-state index contributed by atoms with van der Waals surface area (Å²) in [5.74, 6) is 5.55. The minimum atomic E-state index is -2.84. The Labute approximate surface area is 598 Å². The second-order valence-corrected chi connectivity index (χ2v) is 28.8. The molecule has 35 heteroatoms. The third-order valence-electron chi connectivity index (χ3n) is 12.5. The summed E-state index contributed by atoms with van der Waals surface area (Å²) in [5, 5.41) is 26.1. The number of nitrogens with one attached hydrogen (secondary N) is 3. The molecule has 0 amide bonds. The van der Waals surface area contributed by atoms with Gasteiger partial charge in [-0.05, 0) is 74.5 Å². The Morgan fingerprint density at radius 1 is 0.598 bits per heavy atom. The number of aryl methyl sites for hydroxylation is 1. The molecule has 2 unspecified atom stereocenters. The predicted molar refractivity (Wildman–Crippen MR) is 393 cm³/mol. The van der Waals surface area contributed by atoms with Crippen LogP contribution in [0.1, 0.15) is 36.8 Å². The SMILES string of the molecule is C1CN1.CN(C)c1nc(N(C)C)nc(N(C)C)n1.CN(CCCl)CCCl.N[C@@H](Cc1ccc(N(CCCl)CCCl)cc1)C(=O)O.O=C(O)CCCc1ccc(N(CCCl)CCCl)cc1.O=P1(N(CCCl)CCCl)NCCCO1.O=P1(NCCCl)OCCCN1CCCl. The van der Waals surface area contributed by atoms with E-state index in [2.05, 4.69) is 45.1 Å². The largest absolute Gasteiger partial charge is 0.481 e. The summed E-state index contributed by atoms with van der Waals surface area (Å²) in [6.07, 6.45) is 3.77. The van der Waals surface area contributed by atoms with Crippen LogP contribution in [0.3, 0.4) is 0 Å². The number of aromatic nitrogens is 3. The Kier molecular flexibility index (Phi) is 54.3. The standard InChI is InChI=1S/C14H19Cl2NO2.C13H18Cl2N2O2.C9H18N6.2C7H15Cl2N2O2P.C5H11Cl2N.C2H5N/c15-8-10-17(11-9-16)13-6-4-12(5-7-13)2-1-3-14(18)19;14-5-7-17(8-6-15)11-3-1-10(2-4-11)9-12(16)13(18)19;1-13(2)7-10-8(14(3)4)12-9(11-7)15(5)6;8-2-4-10-14(12)11(6-3-9)5-1-7-13-14;8-2-5-11(6-3-9)14(12)10-4-1-7-13-14;1-8(4-2-6)5-3-7;1-2-3-1/h4-7H,1-3,8-11H2,(H,18,19);1-4,12H,5-9,16H2,(H,18,19);1-6H3;2*1-7H2,(H,10,12);2-5H2,1H3;3H,1-2H2/t;12-;;;;;/m.0...../s1.